The Bertz CT molecular complexity index is 355. The van der Waals surface area contributed by atoms with Gasteiger partial charge in [0.15, 0.2) is 6.29 Å². The zero-order valence-electron chi connectivity index (χ0n) is 8.48. The van der Waals surface area contributed by atoms with Crippen molar-refractivity contribution in [1.82, 2.24) is 9.88 Å². The van der Waals surface area contributed by atoms with Crippen molar-refractivity contribution in [1.29, 1.82) is 0 Å². The lowest BCUT2D eigenvalue weighted by molar-refractivity contribution is -0.121. The van der Waals surface area contributed by atoms with Crippen LogP contribution in [0.3, 0.4) is 0 Å². The summed E-state index contributed by atoms with van der Waals surface area (Å²) in [6.45, 7) is 4.50. The van der Waals surface area contributed by atoms with Crippen molar-refractivity contribution < 1.29 is 9.59 Å². The normalized spacial score (nSPS) is 9.60. The summed E-state index contributed by atoms with van der Waals surface area (Å²) in [6, 6.07) is 3.50. The van der Waals surface area contributed by atoms with Gasteiger partial charge in [-0.05, 0) is 12.1 Å². The van der Waals surface area contributed by atoms with Crippen molar-refractivity contribution >= 4 is 12.2 Å². The van der Waals surface area contributed by atoms with Gasteiger partial charge in [-0.3, -0.25) is 9.59 Å². The summed E-state index contributed by atoms with van der Waals surface area (Å²) in [5.41, 5.74) is 0.589. The number of amides is 1. The van der Waals surface area contributed by atoms with E-state index in [-0.39, 0.29) is 5.91 Å². The molecule has 1 amide bonds. The second-order valence-electron chi connectivity index (χ2n) is 3.09. The van der Waals surface area contributed by atoms with E-state index in [0.29, 0.717) is 25.2 Å². The van der Waals surface area contributed by atoms with Gasteiger partial charge in [0.25, 0.3) is 0 Å². The molecule has 80 valence electrons. The van der Waals surface area contributed by atoms with E-state index < -0.39 is 0 Å². The van der Waals surface area contributed by atoms with Crippen LogP contribution in [-0.4, -0.2) is 23.3 Å². The first kappa shape index (κ1) is 11.2. The topological polar surface area (TPSA) is 51.1 Å². The third-order valence-electron chi connectivity index (χ3n) is 2.01. The summed E-state index contributed by atoms with van der Waals surface area (Å²) < 4.78 is 1.75. The highest BCUT2D eigenvalue weighted by molar-refractivity contribution is 5.76. The number of aryl methyl sites for hydroxylation is 1. The van der Waals surface area contributed by atoms with Gasteiger partial charge in [0.05, 0.1) is 5.69 Å². The number of hydrogen-bond donors (Lipinski definition) is 1. The monoisotopic (exact) mass is 206 g/mol. The highest BCUT2D eigenvalue weighted by atomic mass is 16.1. The maximum Gasteiger partial charge on any atom is 0.222 e. The quantitative estimate of drug-likeness (QED) is 0.557. The molecule has 0 fully saturated rings. The fraction of sp³-hybridized carbons (Fsp3) is 0.273. The predicted molar refractivity (Wildman–Crippen MR) is 57.6 cm³/mol. The van der Waals surface area contributed by atoms with E-state index in [2.05, 4.69) is 11.9 Å². The molecule has 0 aliphatic carbocycles. The van der Waals surface area contributed by atoms with Crippen LogP contribution in [0.2, 0.25) is 0 Å². The summed E-state index contributed by atoms with van der Waals surface area (Å²) in [7, 11) is 0. The molecule has 0 saturated carbocycles. The molecule has 1 rings (SSSR count). The molecular weight excluding hydrogens is 192 g/mol. The Labute approximate surface area is 88.6 Å². The van der Waals surface area contributed by atoms with Crippen molar-refractivity contribution in [2.45, 2.75) is 13.0 Å². The smallest absolute Gasteiger partial charge is 0.222 e. The van der Waals surface area contributed by atoms with E-state index in [1.165, 1.54) is 0 Å². The van der Waals surface area contributed by atoms with Crippen molar-refractivity contribution in [3.63, 3.8) is 0 Å². The largest absolute Gasteiger partial charge is 0.353 e. The Kier molecular flexibility index (Phi) is 4.34. The molecule has 1 heterocycles. The number of carbonyl (C=O) groups excluding carboxylic acids is 2. The maximum absolute atomic E-state index is 11.2. The molecule has 1 aromatic heterocycles. The molecule has 1 N–H and O–H groups in total. The Morgan fingerprint density at radius 1 is 1.60 bits per heavy atom. The fourth-order valence-electron chi connectivity index (χ4n) is 1.23. The van der Waals surface area contributed by atoms with Crippen LogP contribution in [0, 0.1) is 0 Å². The number of aromatic nitrogens is 1. The number of aldehydes is 1. The Morgan fingerprint density at radius 2 is 2.40 bits per heavy atom. The number of carbonyl (C=O) groups is 2. The molecule has 0 aliphatic heterocycles. The molecule has 4 heteroatoms. The number of rotatable bonds is 6. The van der Waals surface area contributed by atoms with Gasteiger partial charge in [-0.25, -0.2) is 0 Å². The average molecular weight is 206 g/mol. The van der Waals surface area contributed by atoms with Crippen molar-refractivity contribution in [2.75, 3.05) is 6.54 Å². The summed E-state index contributed by atoms with van der Waals surface area (Å²) >= 11 is 0. The standard InChI is InChI=1S/C11H14N2O2/c1-2-6-12-11(15)5-8-13-7-3-4-10(13)9-14/h2-4,7,9H,1,5-6,8H2,(H,12,15). The van der Waals surface area contributed by atoms with E-state index in [1.54, 1.807) is 29.0 Å². The summed E-state index contributed by atoms with van der Waals surface area (Å²) in [5.74, 6) is -0.0413. The Balaban J connectivity index is 2.39. The third kappa shape index (κ3) is 3.42. The van der Waals surface area contributed by atoms with E-state index in [0.717, 1.165) is 6.29 Å². The van der Waals surface area contributed by atoms with Crippen molar-refractivity contribution in [2.24, 2.45) is 0 Å². The van der Waals surface area contributed by atoms with Gasteiger partial charge in [-0.1, -0.05) is 6.08 Å². The second kappa shape index (κ2) is 5.80. The lowest BCUT2D eigenvalue weighted by Gasteiger charge is -2.05. The lowest BCUT2D eigenvalue weighted by atomic mass is 10.3. The number of nitrogens with zero attached hydrogens (tertiary/aromatic N) is 1. The molecule has 0 saturated heterocycles. The molecule has 4 nitrogen and oxygen atoms in total. The number of nitrogens with one attached hydrogen (secondary N) is 1. The molecule has 15 heavy (non-hydrogen) atoms. The van der Waals surface area contributed by atoms with Crippen LogP contribution in [0.15, 0.2) is 31.0 Å². The van der Waals surface area contributed by atoms with Gasteiger partial charge in [-0.2, -0.15) is 0 Å². The molecule has 0 aromatic carbocycles. The first-order valence-electron chi connectivity index (χ1n) is 4.76. The zero-order valence-corrected chi connectivity index (χ0v) is 8.48. The first-order valence-corrected chi connectivity index (χ1v) is 4.76. The molecule has 0 spiro atoms. The van der Waals surface area contributed by atoms with Gasteiger partial charge in [0, 0.05) is 25.7 Å². The first-order chi connectivity index (χ1) is 7.27. The molecule has 0 bridgehead atoms. The summed E-state index contributed by atoms with van der Waals surface area (Å²) in [5, 5.41) is 2.67. The van der Waals surface area contributed by atoms with E-state index in [4.69, 9.17) is 0 Å². The second-order valence-corrected chi connectivity index (χ2v) is 3.09. The number of hydrogen-bond acceptors (Lipinski definition) is 2. The molecule has 0 radical (unpaired) electrons. The van der Waals surface area contributed by atoms with Gasteiger partial charge in [0.2, 0.25) is 5.91 Å². The Morgan fingerprint density at radius 3 is 3.07 bits per heavy atom. The van der Waals surface area contributed by atoms with Gasteiger partial charge in [-0.15, -0.1) is 6.58 Å². The molecular formula is C11H14N2O2. The van der Waals surface area contributed by atoms with Crippen molar-refractivity contribution in [3.05, 3.63) is 36.7 Å². The summed E-state index contributed by atoms with van der Waals surface area (Å²) in [4.78, 5) is 21.8. The summed E-state index contributed by atoms with van der Waals surface area (Å²) in [6.07, 6.45) is 4.56. The minimum absolute atomic E-state index is 0.0413. The lowest BCUT2D eigenvalue weighted by Crippen LogP contribution is -2.24. The Hall–Kier alpha value is -1.84. The minimum Gasteiger partial charge on any atom is -0.353 e. The van der Waals surface area contributed by atoms with Crippen LogP contribution in [0.5, 0.6) is 0 Å². The fourth-order valence-corrected chi connectivity index (χ4v) is 1.23. The maximum atomic E-state index is 11.2. The zero-order chi connectivity index (χ0) is 11.1. The van der Waals surface area contributed by atoms with Crippen molar-refractivity contribution in [3.8, 4) is 0 Å². The molecule has 0 atom stereocenters. The SMILES string of the molecule is C=CCNC(=O)CCn1cccc1C=O. The molecule has 0 aliphatic rings. The minimum atomic E-state index is -0.0413. The third-order valence-corrected chi connectivity index (χ3v) is 2.01. The van der Waals surface area contributed by atoms with E-state index in [9.17, 15) is 9.59 Å². The van der Waals surface area contributed by atoms with Crippen LogP contribution in [0.4, 0.5) is 0 Å². The van der Waals surface area contributed by atoms with Crippen LogP contribution < -0.4 is 5.32 Å². The van der Waals surface area contributed by atoms with Crippen LogP contribution in [0.1, 0.15) is 16.9 Å². The van der Waals surface area contributed by atoms with Gasteiger partial charge < -0.3 is 9.88 Å². The van der Waals surface area contributed by atoms with Crippen LogP contribution in [-0.2, 0) is 11.3 Å². The van der Waals surface area contributed by atoms with Gasteiger partial charge in [0.1, 0.15) is 0 Å². The van der Waals surface area contributed by atoms with Crippen LogP contribution >= 0.6 is 0 Å². The predicted octanol–water partition coefficient (Wildman–Crippen LogP) is 0.993. The average Bonchev–Trinajstić information content (AvgIpc) is 2.70. The van der Waals surface area contributed by atoms with Gasteiger partial charge >= 0.3 is 0 Å². The van der Waals surface area contributed by atoms with E-state index in [1.807, 2.05) is 0 Å². The van der Waals surface area contributed by atoms with E-state index >= 15 is 0 Å². The van der Waals surface area contributed by atoms with Crippen LogP contribution in [0.25, 0.3) is 0 Å². The molecule has 0 unspecified atom stereocenters. The highest BCUT2D eigenvalue weighted by Crippen LogP contribution is 2.00. The highest BCUT2D eigenvalue weighted by Gasteiger charge is 2.02. The molecule has 1 aromatic rings.